The molecule has 0 bridgehead atoms. The second-order valence-corrected chi connectivity index (χ2v) is 6.39. The van der Waals surface area contributed by atoms with Crippen LogP contribution in [0.5, 0.6) is 0 Å². The zero-order chi connectivity index (χ0) is 14.7. The first-order chi connectivity index (χ1) is 9.51. The Morgan fingerprint density at radius 2 is 1.80 bits per heavy atom. The molecule has 20 heavy (non-hydrogen) atoms. The average molecular weight is 353 g/mol. The fourth-order valence-electron chi connectivity index (χ4n) is 2.39. The summed E-state index contributed by atoms with van der Waals surface area (Å²) in [5.41, 5.74) is 4.94. The van der Waals surface area contributed by atoms with E-state index < -0.39 is 0 Å². The summed E-state index contributed by atoms with van der Waals surface area (Å²) in [5, 5.41) is 4.41. The molecule has 2 rings (SSSR count). The number of benzene rings is 2. The van der Waals surface area contributed by atoms with Crippen LogP contribution in [0.4, 0.5) is 5.69 Å². The first kappa shape index (κ1) is 15.4. The average Bonchev–Trinajstić information content (AvgIpc) is 2.39. The van der Waals surface area contributed by atoms with E-state index in [9.17, 15) is 0 Å². The maximum atomic E-state index is 5.96. The Morgan fingerprint density at radius 3 is 2.35 bits per heavy atom. The molecule has 2 aromatic carbocycles. The van der Waals surface area contributed by atoms with Crippen molar-refractivity contribution >= 4 is 33.2 Å². The summed E-state index contributed by atoms with van der Waals surface area (Å²) >= 11 is 9.62. The van der Waals surface area contributed by atoms with Crippen molar-refractivity contribution in [1.29, 1.82) is 0 Å². The predicted molar refractivity (Wildman–Crippen MR) is 91.7 cm³/mol. The third kappa shape index (κ3) is 3.56. The van der Waals surface area contributed by atoms with Crippen molar-refractivity contribution in [2.45, 2.75) is 33.2 Å². The van der Waals surface area contributed by atoms with Crippen LogP contribution in [-0.2, 0) is 0 Å². The largest absolute Gasteiger partial charge is 0.377 e. The van der Waals surface area contributed by atoms with Crippen LogP contribution < -0.4 is 5.32 Å². The molecule has 0 aliphatic carbocycles. The standard InChI is InChI=1S/C17H19BrClN/c1-4-16(13-5-7-14(19)8-6-13)20-17-12(3)9-11(2)10-15(17)18/h5-10,16,20H,4H2,1-3H3. The van der Waals surface area contributed by atoms with Gasteiger partial charge in [-0.2, -0.15) is 0 Å². The van der Waals surface area contributed by atoms with Gasteiger partial charge in [0.1, 0.15) is 0 Å². The molecule has 1 N–H and O–H groups in total. The van der Waals surface area contributed by atoms with Gasteiger partial charge in [0.15, 0.2) is 0 Å². The first-order valence-electron chi connectivity index (χ1n) is 6.80. The minimum atomic E-state index is 0.282. The van der Waals surface area contributed by atoms with E-state index >= 15 is 0 Å². The Balaban J connectivity index is 2.29. The lowest BCUT2D eigenvalue weighted by Crippen LogP contribution is -2.11. The van der Waals surface area contributed by atoms with Crippen LogP contribution in [0.15, 0.2) is 40.9 Å². The molecule has 1 nitrogen and oxygen atoms in total. The van der Waals surface area contributed by atoms with Crippen LogP contribution >= 0.6 is 27.5 Å². The van der Waals surface area contributed by atoms with Gasteiger partial charge < -0.3 is 5.32 Å². The van der Waals surface area contributed by atoms with Crippen molar-refractivity contribution in [3.63, 3.8) is 0 Å². The number of aryl methyl sites for hydroxylation is 2. The van der Waals surface area contributed by atoms with E-state index in [-0.39, 0.29) is 6.04 Å². The lowest BCUT2D eigenvalue weighted by atomic mass is 10.0. The summed E-state index contributed by atoms with van der Waals surface area (Å²) in [4.78, 5) is 0. The van der Waals surface area contributed by atoms with Crippen LogP contribution in [0.3, 0.4) is 0 Å². The molecule has 0 fully saturated rings. The molecule has 0 spiro atoms. The molecule has 0 heterocycles. The minimum absolute atomic E-state index is 0.282. The molecule has 1 atom stereocenters. The van der Waals surface area contributed by atoms with Crippen molar-refractivity contribution in [3.05, 3.63) is 62.6 Å². The molecule has 0 amide bonds. The minimum Gasteiger partial charge on any atom is -0.377 e. The normalized spacial score (nSPS) is 12.2. The summed E-state index contributed by atoms with van der Waals surface area (Å²) < 4.78 is 1.11. The lowest BCUT2D eigenvalue weighted by molar-refractivity contribution is 0.748. The van der Waals surface area contributed by atoms with Gasteiger partial charge in [-0.15, -0.1) is 0 Å². The van der Waals surface area contributed by atoms with E-state index in [1.54, 1.807) is 0 Å². The second-order valence-electron chi connectivity index (χ2n) is 5.10. The van der Waals surface area contributed by atoms with E-state index in [1.165, 1.54) is 16.7 Å². The molecule has 106 valence electrons. The van der Waals surface area contributed by atoms with Gasteiger partial charge in [-0.1, -0.05) is 36.7 Å². The molecular formula is C17H19BrClN. The van der Waals surface area contributed by atoms with Crippen molar-refractivity contribution in [2.24, 2.45) is 0 Å². The molecule has 3 heteroatoms. The maximum absolute atomic E-state index is 5.96. The maximum Gasteiger partial charge on any atom is 0.0519 e. The van der Waals surface area contributed by atoms with Gasteiger partial charge in [0.05, 0.1) is 11.7 Å². The van der Waals surface area contributed by atoms with Crippen LogP contribution in [0, 0.1) is 13.8 Å². The first-order valence-corrected chi connectivity index (χ1v) is 7.97. The quantitative estimate of drug-likeness (QED) is 0.682. The molecule has 0 saturated carbocycles. The monoisotopic (exact) mass is 351 g/mol. The zero-order valence-corrected chi connectivity index (χ0v) is 14.3. The highest BCUT2D eigenvalue weighted by atomic mass is 79.9. The summed E-state index contributed by atoms with van der Waals surface area (Å²) in [6.45, 7) is 6.43. The molecule has 0 aliphatic heterocycles. The third-order valence-electron chi connectivity index (χ3n) is 3.43. The Kier molecular flexibility index (Phi) is 5.11. The Labute approximate surface area is 134 Å². The number of nitrogens with one attached hydrogen (secondary N) is 1. The SMILES string of the molecule is CCC(Nc1c(C)cc(C)cc1Br)c1ccc(Cl)cc1. The van der Waals surface area contributed by atoms with Crippen molar-refractivity contribution in [1.82, 2.24) is 0 Å². The van der Waals surface area contributed by atoms with E-state index in [4.69, 9.17) is 11.6 Å². The highest BCUT2D eigenvalue weighted by Gasteiger charge is 2.12. The van der Waals surface area contributed by atoms with Gasteiger partial charge in [-0.25, -0.2) is 0 Å². The third-order valence-corrected chi connectivity index (χ3v) is 4.31. The van der Waals surface area contributed by atoms with Crippen LogP contribution in [0.1, 0.15) is 36.1 Å². The van der Waals surface area contributed by atoms with E-state index in [0.29, 0.717) is 0 Å². The summed E-state index contributed by atoms with van der Waals surface area (Å²) in [5.74, 6) is 0. The van der Waals surface area contributed by atoms with Gasteiger partial charge in [-0.05, 0) is 71.1 Å². The van der Waals surface area contributed by atoms with Crippen molar-refractivity contribution in [2.75, 3.05) is 5.32 Å². The second kappa shape index (κ2) is 6.64. The van der Waals surface area contributed by atoms with Crippen LogP contribution in [0.25, 0.3) is 0 Å². The van der Waals surface area contributed by atoms with Crippen molar-refractivity contribution in [3.8, 4) is 0 Å². The molecule has 0 aromatic heterocycles. The number of hydrogen-bond donors (Lipinski definition) is 1. The Hall–Kier alpha value is -0.990. The van der Waals surface area contributed by atoms with Gasteiger partial charge in [-0.3, -0.25) is 0 Å². The van der Waals surface area contributed by atoms with Gasteiger partial charge in [0.2, 0.25) is 0 Å². The summed E-state index contributed by atoms with van der Waals surface area (Å²) in [6.07, 6.45) is 1.02. The molecule has 0 radical (unpaired) electrons. The molecule has 1 unspecified atom stereocenters. The van der Waals surface area contributed by atoms with E-state index in [1.807, 2.05) is 12.1 Å². The highest BCUT2D eigenvalue weighted by Crippen LogP contribution is 2.32. The molecule has 2 aromatic rings. The van der Waals surface area contributed by atoms with Crippen LogP contribution in [0.2, 0.25) is 5.02 Å². The smallest absolute Gasteiger partial charge is 0.0519 e. The van der Waals surface area contributed by atoms with Crippen molar-refractivity contribution < 1.29 is 0 Å². The fourth-order valence-corrected chi connectivity index (χ4v) is 3.30. The predicted octanol–water partition coefficient (Wildman–Crippen LogP) is 6.28. The number of rotatable bonds is 4. The number of hydrogen-bond acceptors (Lipinski definition) is 1. The number of halogens is 2. The summed E-state index contributed by atoms with van der Waals surface area (Å²) in [7, 11) is 0. The van der Waals surface area contributed by atoms with Crippen LogP contribution in [-0.4, -0.2) is 0 Å². The number of anilines is 1. The van der Waals surface area contributed by atoms with Gasteiger partial charge >= 0.3 is 0 Å². The topological polar surface area (TPSA) is 12.0 Å². The molecule has 0 aliphatic rings. The Bertz CT molecular complexity index is 569. The zero-order valence-electron chi connectivity index (χ0n) is 12.0. The van der Waals surface area contributed by atoms with Gasteiger partial charge in [0.25, 0.3) is 0 Å². The molecule has 0 saturated heterocycles. The summed E-state index contributed by atoms with van der Waals surface area (Å²) in [6, 6.07) is 12.7. The Morgan fingerprint density at radius 1 is 1.15 bits per heavy atom. The lowest BCUT2D eigenvalue weighted by Gasteiger charge is -2.22. The fraction of sp³-hybridized carbons (Fsp3) is 0.294. The van der Waals surface area contributed by atoms with E-state index in [2.05, 4.69) is 66.3 Å². The molecular weight excluding hydrogens is 334 g/mol. The highest BCUT2D eigenvalue weighted by molar-refractivity contribution is 9.10. The van der Waals surface area contributed by atoms with Gasteiger partial charge in [0, 0.05) is 9.50 Å². The van der Waals surface area contributed by atoms with E-state index in [0.717, 1.165) is 21.6 Å².